The normalized spacial score (nSPS) is 15.6. The summed E-state index contributed by atoms with van der Waals surface area (Å²) in [7, 11) is 0. The number of para-hydroxylation sites is 1. The van der Waals surface area contributed by atoms with Crippen molar-refractivity contribution in [2.45, 2.75) is 39.2 Å². The molecule has 0 spiro atoms. The van der Waals surface area contributed by atoms with Gasteiger partial charge in [0.05, 0.1) is 6.54 Å². The average Bonchev–Trinajstić information content (AvgIpc) is 2.61. The molecule has 24 heavy (non-hydrogen) atoms. The van der Waals surface area contributed by atoms with E-state index in [1.807, 2.05) is 18.2 Å². The Labute approximate surface area is 144 Å². The van der Waals surface area contributed by atoms with Crippen LogP contribution in [0.1, 0.15) is 42.9 Å². The Balaban J connectivity index is 1.63. The van der Waals surface area contributed by atoms with Crippen LogP contribution in [0.2, 0.25) is 0 Å². The maximum Gasteiger partial charge on any atom is 0.238 e. The van der Waals surface area contributed by atoms with Crippen LogP contribution in [0.3, 0.4) is 0 Å². The number of anilines is 1. The number of amides is 1. The van der Waals surface area contributed by atoms with E-state index >= 15 is 0 Å². The Morgan fingerprint density at radius 2 is 1.83 bits per heavy atom. The Hall–Kier alpha value is -2.13. The van der Waals surface area contributed by atoms with Gasteiger partial charge in [-0.15, -0.1) is 0 Å². The second-order valence-corrected chi connectivity index (χ2v) is 6.67. The highest BCUT2D eigenvalue weighted by Gasteiger charge is 2.19. The fourth-order valence-corrected chi connectivity index (χ4v) is 3.34. The van der Waals surface area contributed by atoms with E-state index in [-0.39, 0.29) is 5.91 Å². The lowest BCUT2D eigenvalue weighted by Crippen LogP contribution is -2.37. The first-order valence-corrected chi connectivity index (χ1v) is 8.85. The summed E-state index contributed by atoms with van der Waals surface area (Å²) in [5.41, 5.74) is 4.93. The standard InChI is InChI=1S/C21H26N2O/c1-3-16(2)19-10-6-7-11-20(19)22-21(24)15-23-13-12-17-8-4-5-9-18(17)14-23/h4-11,16H,3,12-15H2,1-2H3,(H,22,24)/t16-/m1/s1. The molecule has 1 heterocycles. The third-order valence-corrected chi connectivity index (χ3v) is 4.96. The van der Waals surface area contributed by atoms with Crippen LogP contribution in [0.4, 0.5) is 5.69 Å². The van der Waals surface area contributed by atoms with Crippen LogP contribution in [0.15, 0.2) is 48.5 Å². The van der Waals surface area contributed by atoms with Gasteiger partial charge in [-0.05, 0) is 41.5 Å². The van der Waals surface area contributed by atoms with Crippen LogP contribution in [0.5, 0.6) is 0 Å². The second kappa shape index (κ2) is 7.63. The molecule has 2 aromatic rings. The number of carbonyl (C=O) groups is 1. The van der Waals surface area contributed by atoms with E-state index in [0.29, 0.717) is 12.5 Å². The first-order valence-electron chi connectivity index (χ1n) is 8.85. The van der Waals surface area contributed by atoms with Crippen molar-refractivity contribution in [2.24, 2.45) is 0 Å². The van der Waals surface area contributed by atoms with Gasteiger partial charge in [-0.3, -0.25) is 9.69 Å². The average molecular weight is 322 g/mol. The molecule has 1 aliphatic heterocycles. The van der Waals surface area contributed by atoms with Crippen LogP contribution < -0.4 is 5.32 Å². The number of nitrogens with zero attached hydrogens (tertiary/aromatic N) is 1. The van der Waals surface area contributed by atoms with E-state index in [1.54, 1.807) is 0 Å². The van der Waals surface area contributed by atoms with E-state index in [4.69, 9.17) is 0 Å². The van der Waals surface area contributed by atoms with Crippen molar-refractivity contribution in [3.8, 4) is 0 Å². The minimum Gasteiger partial charge on any atom is -0.325 e. The number of fused-ring (bicyclic) bond motifs is 1. The molecule has 0 fully saturated rings. The number of benzene rings is 2. The topological polar surface area (TPSA) is 32.3 Å². The third kappa shape index (κ3) is 3.85. The number of carbonyl (C=O) groups excluding carboxylic acids is 1. The summed E-state index contributed by atoms with van der Waals surface area (Å²) in [4.78, 5) is 14.7. The molecule has 1 N–H and O–H groups in total. The van der Waals surface area contributed by atoms with Crippen LogP contribution in [-0.4, -0.2) is 23.9 Å². The predicted molar refractivity (Wildman–Crippen MR) is 99.2 cm³/mol. The van der Waals surface area contributed by atoms with Crippen LogP contribution in [0.25, 0.3) is 0 Å². The van der Waals surface area contributed by atoms with E-state index in [9.17, 15) is 4.79 Å². The molecule has 0 saturated heterocycles. The summed E-state index contributed by atoms with van der Waals surface area (Å²) in [6, 6.07) is 16.7. The molecular formula is C21H26N2O. The Bertz CT molecular complexity index is 710. The molecule has 0 aliphatic carbocycles. The van der Waals surface area contributed by atoms with E-state index < -0.39 is 0 Å². The van der Waals surface area contributed by atoms with Gasteiger partial charge in [0.2, 0.25) is 5.91 Å². The Morgan fingerprint density at radius 1 is 1.12 bits per heavy atom. The van der Waals surface area contributed by atoms with Crippen molar-refractivity contribution in [3.63, 3.8) is 0 Å². The van der Waals surface area contributed by atoms with Crippen LogP contribution in [0, 0.1) is 0 Å². The SMILES string of the molecule is CC[C@@H](C)c1ccccc1NC(=O)CN1CCc2ccccc2C1. The molecule has 3 rings (SSSR count). The molecule has 126 valence electrons. The number of rotatable bonds is 5. The van der Waals surface area contributed by atoms with Gasteiger partial charge in [-0.1, -0.05) is 56.3 Å². The van der Waals surface area contributed by atoms with Gasteiger partial charge in [0.25, 0.3) is 0 Å². The van der Waals surface area contributed by atoms with Gasteiger partial charge in [0.1, 0.15) is 0 Å². The highest BCUT2D eigenvalue weighted by atomic mass is 16.2. The second-order valence-electron chi connectivity index (χ2n) is 6.67. The zero-order valence-electron chi connectivity index (χ0n) is 14.6. The number of hydrogen-bond acceptors (Lipinski definition) is 2. The highest BCUT2D eigenvalue weighted by molar-refractivity contribution is 5.93. The molecule has 1 atom stereocenters. The van der Waals surface area contributed by atoms with E-state index in [0.717, 1.165) is 31.6 Å². The minimum absolute atomic E-state index is 0.0742. The van der Waals surface area contributed by atoms with Crippen LogP contribution in [-0.2, 0) is 17.8 Å². The lowest BCUT2D eigenvalue weighted by molar-refractivity contribution is -0.117. The zero-order chi connectivity index (χ0) is 16.9. The highest BCUT2D eigenvalue weighted by Crippen LogP contribution is 2.26. The number of hydrogen-bond donors (Lipinski definition) is 1. The minimum atomic E-state index is 0.0742. The molecule has 1 aliphatic rings. The fourth-order valence-electron chi connectivity index (χ4n) is 3.34. The van der Waals surface area contributed by atoms with Crippen LogP contribution >= 0.6 is 0 Å². The molecule has 0 aromatic heterocycles. The van der Waals surface area contributed by atoms with Gasteiger partial charge in [0.15, 0.2) is 0 Å². The van der Waals surface area contributed by atoms with Crippen molar-refractivity contribution < 1.29 is 4.79 Å². The Kier molecular flexibility index (Phi) is 5.31. The molecule has 0 bridgehead atoms. The van der Waals surface area contributed by atoms with Crippen molar-refractivity contribution in [3.05, 3.63) is 65.2 Å². The summed E-state index contributed by atoms with van der Waals surface area (Å²) in [5.74, 6) is 0.522. The summed E-state index contributed by atoms with van der Waals surface area (Å²) in [5, 5.41) is 3.12. The fraction of sp³-hybridized carbons (Fsp3) is 0.381. The van der Waals surface area contributed by atoms with Gasteiger partial charge >= 0.3 is 0 Å². The summed E-state index contributed by atoms with van der Waals surface area (Å²) >= 11 is 0. The lowest BCUT2D eigenvalue weighted by Gasteiger charge is -2.28. The molecule has 0 unspecified atom stereocenters. The summed E-state index contributed by atoms with van der Waals surface area (Å²) in [6.07, 6.45) is 2.09. The van der Waals surface area contributed by atoms with Gasteiger partial charge in [0, 0.05) is 18.8 Å². The molecule has 0 radical (unpaired) electrons. The molecule has 0 saturated carbocycles. The van der Waals surface area contributed by atoms with Gasteiger partial charge in [-0.2, -0.15) is 0 Å². The zero-order valence-corrected chi connectivity index (χ0v) is 14.6. The predicted octanol–water partition coefficient (Wildman–Crippen LogP) is 4.20. The van der Waals surface area contributed by atoms with Crippen molar-refractivity contribution in [1.82, 2.24) is 4.90 Å². The smallest absolute Gasteiger partial charge is 0.238 e. The van der Waals surface area contributed by atoms with E-state index in [1.165, 1.54) is 16.7 Å². The monoisotopic (exact) mass is 322 g/mol. The molecule has 3 heteroatoms. The maximum absolute atomic E-state index is 12.5. The lowest BCUT2D eigenvalue weighted by atomic mass is 9.97. The first kappa shape index (κ1) is 16.7. The molecule has 1 amide bonds. The summed E-state index contributed by atoms with van der Waals surface area (Å²) < 4.78 is 0. The van der Waals surface area contributed by atoms with Gasteiger partial charge in [-0.25, -0.2) is 0 Å². The molecular weight excluding hydrogens is 296 g/mol. The maximum atomic E-state index is 12.5. The molecule has 3 nitrogen and oxygen atoms in total. The van der Waals surface area contributed by atoms with Crippen molar-refractivity contribution >= 4 is 11.6 Å². The van der Waals surface area contributed by atoms with Crippen molar-refractivity contribution in [2.75, 3.05) is 18.4 Å². The molecule has 2 aromatic carbocycles. The van der Waals surface area contributed by atoms with E-state index in [2.05, 4.69) is 54.4 Å². The number of nitrogens with one attached hydrogen (secondary N) is 1. The van der Waals surface area contributed by atoms with Crippen molar-refractivity contribution in [1.29, 1.82) is 0 Å². The van der Waals surface area contributed by atoms with Gasteiger partial charge < -0.3 is 5.32 Å². The Morgan fingerprint density at radius 3 is 2.62 bits per heavy atom. The summed E-state index contributed by atoms with van der Waals surface area (Å²) in [6.45, 7) is 6.62. The quantitative estimate of drug-likeness (QED) is 0.895. The third-order valence-electron chi connectivity index (χ3n) is 4.96. The largest absolute Gasteiger partial charge is 0.325 e. The first-order chi connectivity index (χ1) is 11.7.